The highest BCUT2D eigenvalue weighted by Crippen LogP contribution is 2.32. The minimum Gasteiger partial charge on any atom is -0.391 e. The van der Waals surface area contributed by atoms with Gasteiger partial charge in [0.25, 0.3) is 0 Å². The SMILES string of the molecule is CC(C)(C)C(O)C(C#N)c1cccc(Cl)c1. The molecule has 1 aromatic carbocycles. The lowest BCUT2D eigenvalue weighted by atomic mass is 9.79. The Morgan fingerprint density at radius 2 is 2.00 bits per heavy atom. The van der Waals surface area contributed by atoms with Crippen LogP contribution in [0, 0.1) is 16.7 Å². The van der Waals surface area contributed by atoms with E-state index in [4.69, 9.17) is 16.9 Å². The molecule has 0 saturated carbocycles. The van der Waals surface area contributed by atoms with Crippen LogP contribution in [0.5, 0.6) is 0 Å². The van der Waals surface area contributed by atoms with Gasteiger partial charge >= 0.3 is 0 Å². The molecule has 86 valence electrons. The molecule has 0 heterocycles. The first kappa shape index (κ1) is 13.0. The van der Waals surface area contributed by atoms with Gasteiger partial charge in [0.2, 0.25) is 0 Å². The van der Waals surface area contributed by atoms with Gasteiger partial charge in [-0.3, -0.25) is 0 Å². The summed E-state index contributed by atoms with van der Waals surface area (Å²) >= 11 is 5.87. The van der Waals surface area contributed by atoms with Crippen molar-refractivity contribution in [1.82, 2.24) is 0 Å². The lowest BCUT2D eigenvalue weighted by Crippen LogP contribution is -2.31. The molecule has 3 heteroatoms. The average molecular weight is 238 g/mol. The number of hydrogen-bond donors (Lipinski definition) is 1. The van der Waals surface area contributed by atoms with E-state index in [2.05, 4.69) is 6.07 Å². The summed E-state index contributed by atoms with van der Waals surface area (Å²) in [6.07, 6.45) is -0.712. The summed E-state index contributed by atoms with van der Waals surface area (Å²) in [4.78, 5) is 0. The molecule has 16 heavy (non-hydrogen) atoms. The number of aliphatic hydroxyl groups is 1. The van der Waals surface area contributed by atoms with Gasteiger partial charge in [-0.25, -0.2) is 0 Å². The van der Waals surface area contributed by atoms with Crippen LogP contribution >= 0.6 is 11.6 Å². The molecule has 0 amide bonds. The highest BCUT2D eigenvalue weighted by Gasteiger charge is 2.31. The Bertz CT molecular complexity index is 403. The first-order valence-electron chi connectivity index (χ1n) is 5.19. The molecule has 2 unspecified atom stereocenters. The molecular weight excluding hydrogens is 222 g/mol. The minimum atomic E-state index is -0.712. The largest absolute Gasteiger partial charge is 0.391 e. The first-order chi connectivity index (χ1) is 7.36. The molecule has 0 fully saturated rings. The molecular formula is C13H16ClNO. The number of halogens is 1. The van der Waals surface area contributed by atoms with Crippen molar-refractivity contribution >= 4 is 11.6 Å². The monoisotopic (exact) mass is 237 g/mol. The van der Waals surface area contributed by atoms with Gasteiger partial charge in [0.05, 0.1) is 18.1 Å². The van der Waals surface area contributed by atoms with Crippen LogP contribution in [0.1, 0.15) is 32.3 Å². The van der Waals surface area contributed by atoms with Crippen molar-refractivity contribution in [1.29, 1.82) is 5.26 Å². The summed E-state index contributed by atoms with van der Waals surface area (Å²) in [7, 11) is 0. The van der Waals surface area contributed by atoms with Crippen LogP contribution in [0.2, 0.25) is 5.02 Å². The number of hydrogen-bond acceptors (Lipinski definition) is 2. The van der Waals surface area contributed by atoms with Gasteiger partial charge in [0, 0.05) is 5.02 Å². The van der Waals surface area contributed by atoms with Crippen LogP contribution in [-0.4, -0.2) is 11.2 Å². The first-order valence-corrected chi connectivity index (χ1v) is 5.57. The van der Waals surface area contributed by atoms with Crippen molar-refractivity contribution < 1.29 is 5.11 Å². The van der Waals surface area contributed by atoms with Gasteiger partial charge in [-0.2, -0.15) is 5.26 Å². The fourth-order valence-electron chi connectivity index (χ4n) is 1.53. The number of rotatable bonds is 2. The standard InChI is InChI=1S/C13H16ClNO/c1-13(2,3)12(16)11(8-15)9-5-4-6-10(14)7-9/h4-7,11-12,16H,1-3H3. The molecule has 0 spiro atoms. The van der Waals surface area contributed by atoms with Crippen molar-refractivity contribution in [3.05, 3.63) is 34.9 Å². The second-order valence-electron chi connectivity index (χ2n) is 4.97. The number of aliphatic hydroxyl groups excluding tert-OH is 1. The van der Waals surface area contributed by atoms with Crippen molar-refractivity contribution in [3.8, 4) is 6.07 Å². The number of benzene rings is 1. The van der Waals surface area contributed by atoms with E-state index in [-0.39, 0.29) is 5.41 Å². The fraction of sp³-hybridized carbons (Fsp3) is 0.462. The summed E-state index contributed by atoms with van der Waals surface area (Å²) in [5.41, 5.74) is 0.431. The predicted molar refractivity (Wildman–Crippen MR) is 65.3 cm³/mol. The Kier molecular flexibility index (Phi) is 3.96. The maximum absolute atomic E-state index is 10.1. The highest BCUT2D eigenvalue weighted by atomic mass is 35.5. The molecule has 1 rings (SSSR count). The third kappa shape index (κ3) is 2.98. The van der Waals surface area contributed by atoms with Gasteiger partial charge in [0.1, 0.15) is 0 Å². The normalized spacial score (nSPS) is 15.2. The van der Waals surface area contributed by atoms with Gasteiger partial charge in [-0.05, 0) is 23.1 Å². The summed E-state index contributed by atoms with van der Waals surface area (Å²) in [6.45, 7) is 5.73. The molecule has 0 aliphatic heterocycles. The van der Waals surface area contributed by atoms with Crippen LogP contribution < -0.4 is 0 Å². The molecule has 2 atom stereocenters. The minimum absolute atomic E-state index is 0.331. The second kappa shape index (κ2) is 4.86. The summed E-state index contributed by atoms with van der Waals surface area (Å²) in [6, 6.07) is 9.23. The zero-order valence-electron chi connectivity index (χ0n) is 9.74. The van der Waals surface area contributed by atoms with Gasteiger partial charge < -0.3 is 5.11 Å². The third-order valence-electron chi connectivity index (χ3n) is 2.55. The quantitative estimate of drug-likeness (QED) is 0.857. The lowest BCUT2D eigenvalue weighted by molar-refractivity contribution is 0.0527. The molecule has 0 aliphatic rings. The van der Waals surface area contributed by atoms with E-state index in [0.717, 1.165) is 5.56 Å². The van der Waals surface area contributed by atoms with Crippen LogP contribution in [0.4, 0.5) is 0 Å². The fourth-order valence-corrected chi connectivity index (χ4v) is 1.73. The van der Waals surface area contributed by atoms with Gasteiger partial charge in [-0.1, -0.05) is 44.5 Å². The zero-order chi connectivity index (χ0) is 12.3. The molecule has 0 aliphatic carbocycles. The van der Waals surface area contributed by atoms with Crippen LogP contribution in [-0.2, 0) is 0 Å². The van der Waals surface area contributed by atoms with E-state index >= 15 is 0 Å². The van der Waals surface area contributed by atoms with Gasteiger partial charge in [-0.15, -0.1) is 0 Å². The zero-order valence-corrected chi connectivity index (χ0v) is 10.5. The Morgan fingerprint density at radius 3 is 2.44 bits per heavy atom. The summed E-state index contributed by atoms with van der Waals surface area (Å²) in [5, 5.41) is 19.9. The maximum atomic E-state index is 10.1. The molecule has 0 aromatic heterocycles. The van der Waals surface area contributed by atoms with Crippen LogP contribution in [0.3, 0.4) is 0 Å². The van der Waals surface area contributed by atoms with Crippen molar-refractivity contribution in [2.45, 2.75) is 32.8 Å². The Labute approximate surface area is 101 Å². The molecule has 0 saturated heterocycles. The second-order valence-corrected chi connectivity index (χ2v) is 5.41. The maximum Gasteiger partial charge on any atom is 0.0977 e. The van der Waals surface area contributed by atoms with Crippen LogP contribution in [0.25, 0.3) is 0 Å². The topological polar surface area (TPSA) is 44.0 Å². The summed E-state index contributed by atoms with van der Waals surface area (Å²) < 4.78 is 0. The van der Waals surface area contributed by atoms with Crippen molar-refractivity contribution in [3.63, 3.8) is 0 Å². The number of nitriles is 1. The predicted octanol–water partition coefficient (Wildman–Crippen LogP) is 3.35. The van der Waals surface area contributed by atoms with E-state index in [1.54, 1.807) is 18.2 Å². The average Bonchev–Trinajstić information content (AvgIpc) is 2.17. The smallest absolute Gasteiger partial charge is 0.0977 e. The number of nitrogens with zero attached hydrogens (tertiary/aromatic N) is 1. The van der Waals surface area contributed by atoms with Gasteiger partial charge in [0.15, 0.2) is 0 Å². The van der Waals surface area contributed by atoms with E-state index < -0.39 is 12.0 Å². The van der Waals surface area contributed by atoms with E-state index in [9.17, 15) is 5.11 Å². The Hall–Kier alpha value is -1.04. The molecule has 1 aromatic rings. The molecule has 0 radical (unpaired) electrons. The van der Waals surface area contributed by atoms with E-state index in [1.807, 2.05) is 26.8 Å². The summed E-state index contributed by atoms with van der Waals surface area (Å²) in [5.74, 6) is -0.543. The van der Waals surface area contributed by atoms with Crippen molar-refractivity contribution in [2.75, 3.05) is 0 Å². The molecule has 1 N–H and O–H groups in total. The molecule has 2 nitrogen and oxygen atoms in total. The van der Waals surface area contributed by atoms with Crippen molar-refractivity contribution in [2.24, 2.45) is 5.41 Å². The third-order valence-corrected chi connectivity index (χ3v) is 2.79. The molecule has 0 bridgehead atoms. The van der Waals surface area contributed by atoms with E-state index in [1.165, 1.54) is 0 Å². The van der Waals surface area contributed by atoms with Crippen LogP contribution in [0.15, 0.2) is 24.3 Å². The highest BCUT2D eigenvalue weighted by molar-refractivity contribution is 6.30. The lowest BCUT2D eigenvalue weighted by Gasteiger charge is -2.29. The Morgan fingerprint density at radius 1 is 1.38 bits per heavy atom. The van der Waals surface area contributed by atoms with E-state index in [0.29, 0.717) is 5.02 Å². The Balaban J connectivity index is 3.05.